The molecule has 0 saturated carbocycles. The number of aromatic nitrogens is 2. The first-order valence-electron chi connectivity index (χ1n) is 4.92. The summed E-state index contributed by atoms with van der Waals surface area (Å²) in [4.78, 5) is 11.1. The van der Waals surface area contributed by atoms with Crippen molar-refractivity contribution in [3.05, 3.63) is 28.1 Å². The minimum absolute atomic E-state index is 0.326. The molecule has 1 aromatic rings. The first kappa shape index (κ1) is 12.8. The van der Waals surface area contributed by atoms with Crippen LogP contribution in [0.5, 0.6) is 0 Å². The molecule has 1 aromatic heterocycles. The molecule has 0 fully saturated rings. The Morgan fingerprint density at radius 1 is 1.56 bits per heavy atom. The van der Waals surface area contributed by atoms with E-state index in [2.05, 4.69) is 9.84 Å². The van der Waals surface area contributed by atoms with Gasteiger partial charge >= 0.3 is 5.97 Å². The molecule has 0 bridgehead atoms. The van der Waals surface area contributed by atoms with Gasteiger partial charge in [0.2, 0.25) is 0 Å². The van der Waals surface area contributed by atoms with E-state index in [1.165, 1.54) is 7.11 Å². The number of halogens is 1. The van der Waals surface area contributed by atoms with Crippen LogP contribution in [0, 0.1) is 13.8 Å². The fourth-order valence-electron chi connectivity index (χ4n) is 1.32. The van der Waals surface area contributed by atoms with Gasteiger partial charge in [0.25, 0.3) is 0 Å². The van der Waals surface area contributed by atoms with Crippen LogP contribution >= 0.6 is 11.6 Å². The van der Waals surface area contributed by atoms with E-state index in [0.29, 0.717) is 17.1 Å². The van der Waals surface area contributed by atoms with E-state index in [0.717, 1.165) is 11.4 Å². The Bertz CT molecular complexity index is 435. The van der Waals surface area contributed by atoms with E-state index < -0.39 is 0 Å². The molecular weight excluding hydrogens is 228 g/mol. The molecule has 0 amide bonds. The normalized spacial score (nSPS) is 11.7. The second-order valence-corrected chi connectivity index (χ2v) is 3.92. The average Bonchev–Trinajstić information content (AvgIpc) is 2.52. The number of esters is 1. The van der Waals surface area contributed by atoms with Gasteiger partial charge in [0.1, 0.15) is 0 Å². The van der Waals surface area contributed by atoms with Gasteiger partial charge in [-0.1, -0.05) is 17.7 Å². The lowest BCUT2D eigenvalue weighted by Crippen LogP contribution is -2.05. The Labute approximate surface area is 99.8 Å². The third-order valence-electron chi connectivity index (χ3n) is 2.37. The molecule has 1 heterocycles. The molecular formula is C11H15ClN2O2. The standard InChI is InChI=1S/C11H15ClN2O2/c1-7(11(15)16-4)5-6-14-9(3)10(12)8(2)13-14/h5H,6H2,1-4H3. The Kier molecular flexibility index (Phi) is 4.12. The quantitative estimate of drug-likeness (QED) is 0.603. The van der Waals surface area contributed by atoms with Gasteiger partial charge in [-0.3, -0.25) is 4.68 Å². The van der Waals surface area contributed by atoms with E-state index in [1.54, 1.807) is 17.7 Å². The Morgan fingerprint density at radius 2 is 2.19 bits per heavy atom. The number of nitrogens with zero attached hydrogens (tertiary/aromatic N) is 2. The van der Waals surface area contributed by atoms with E-state index in [9.17, 15) is 4.79 Å². The first-order chi connectivity index (χ1) is 7.47. The molecule has 1 rings (SSSR count). The summed E-state index contributed by atoms with van der Waals surface area (Å²) in [7, 11) is 1.36. The molecule has 4 nitrogen and oxygen atoms in total. The molecule has 0 aliphatic carbocycles. The van der Waals surface area contributed by atoms with Crippen LogP contribution in [0.2, 0.25) is 5.02 Å². The highest BCUT2D eigenvalue weighted by Crippen LogP contribution is 2.18. The van der Waals surface area contributed by atoms with Crippen LogP contribution < -0.4 is 0 Å². The fourth-order valence-corrected chi connectivity index (χ4v) is 1.46. The van der Waals surface area contributed by atoms with E-state index in [1.807, 2.05) is 13.8 Å². The van der Waals surface area contributed by atoms with Crippen molar-refractivity contribution in [1.82, 2.24) is 9.78 Å². The third kappa shape index (κ3) is 2.64. The van der Waals surface area contributed by atoms with Crippen LogP contribution in [0.1, 0.15) is 18.3 Å². The van der Waals surface area contributed by atoms with Crippen LogP contribution in [0.4, 0.5) is 0 Å². The van der Waals surface area contributed by atoms with Crippen LogP contribution in [0.25, 0.3) is 0 Å². The summed E-state index contributed by atoms with van der Waals surface area (Å²) in [5.41, 5.74) is 2.25. The molecule has 88 valence electrons. The summed E-state index contributed by atoms with van der Waals surface area (Å²) in [6, 6.07) is 0. The van der Waals surface area contributed by atoms with Gasteiger partial charge < -0.3 is 4.74 Å². The van der Waals surface area contributed by atoms with Crippen molar-refractivity contribution in [2.45, 2.75) is 27.3 Å². The smallest absolute Gasteiger partial charge is 0.333 e. The van der Waals surface area contributed by atoms with Gasteiger partial charge in [-0.25, -0.2) is 4.79 Å². The van der Waals surface area contributed by atoms with Crippen LogP contribution in [-0.2, 0) is 16.1 Å². The molecule has 5 heteroatoms. The number of aryl methyl sites for hydroxylation is 1. The zero-order chi connectivity index (χ0) is 12.3. The van der Waals surface area contributed by atoms with Gasteiger partial charge in [0.05, 0.1) is 30.1 Å². The first-order valence-corrected chi connectivity index (χ1v) is 5.29. The highest BCUT2D eigenvalue weighted by atomic mass is 35.5. The van der Waals surface area contributed by atoms with Crippen molar-refractivity contribution in [3.8, 4) is 0 Å². The second-order valence-electron chi connectivity index (χ2n) is 3.55. The van der Waals surface area contributed by atoms with Gasteiger partial charge in [0.15, 0.2) is 0 Å². The highest BCUT2D eigenvalue weighted by Gasteiger charge is 2.08. The number of hydrogen-bond acceptors (Lipinski definition) is 3. The molecule has 0 unspecified atom stereocenters. The maximum absolute atomic E-state index is 11.1. The highest BCUT2D eigenvalue weighted by molar-refractivity contribution is 6.31. The maximum Gasteiger partial charge on any atom is 0.333 e. The summed E-state index contributed by atoms with van der Waals surface area (Å²) >= 11 is 6.01. The summed E-state index contributed by atoms with van der Waals surface area (Å²) in [6.07, 6.45) is 1.77. The third-order valence-corrected chi connectivity index (χ3v) is 2.92. The number of rotatable bonds is 3. The number of carbonyl (C=O) groups excluding carboxylic acids is 1. The van der Waals surface area contributed by atoms with Crippen molar-refractivity contribution < 1.29 is 9.53 Å². The predicted molar refractivity (Wildman–Crippen MR) is 62.5 cm³/mol. The lowest BCUT2D eigenvalue weighted by atomic mass is 10.3. The molecule has 0 radical (unpaired) electrons. The summed E-state index contributed by atoms with van der Waals surface area (Å²) in [6.45, 7) is 5.96. The largest absolute Gasteiger partial charge is 0.466 e. The molecule has 0 aliphatic rings. The molecule has 0 spiro atoms. The Morgan fingerprint density at radius 3 is 2.62 bits per heavy atom. The van der Waals surface area contributed by atoms with Crippen LogP contribution in [0.3, 0.4) is 0 Å². The lowest BCUT2D eigenvalue weighted by Gasteiger charge is -2.01. The zero-order valence-corrected chi connectivity index (χ0v) is 10.6. The van der Waals surface area contributed by atoms with Gasteiger partial charge in [0, 0.05) is 5.57 Å². The minimum Gasteiger partial charge on any atom is -0.466 e. The van der Waals surface area contributed by atoms with Crippen molar-refractivity contribution >= 4 is 17.6 Å². The number of ether oxygens (including phenoxy) is 1. The van der Waals surface area contributed by atoms with Gasteiger partial charge in [-0.05, 0) is 20.8 Å². The Balaban J connectivity index is 2.82. The predicted octanol–water partition coefficient (Wildman–Crippen LogP) is 2.27. The van der Waals surface area contributed by atoms with Gasteiger partial charge in [-0.15, -0.1) is 0 Å². The van der Waals surface area contributed by atoms with Crippen molar-refractivity contribution in [3.63, 3.8) is 0 Å². The lowest BCUT2D eigenvalue weighted by molar-refractivity contribution is -0.136. The summed E-state index contributed by atoms with van der Waals surface area (Å²) in [5.74, 6) is -0.326. The van der Waals surface area contributed by atoms with Crippen molar-refractivity contribution in [2.24, 2.45) is 0 Å². The number of hydrogen-bond donors (Lipinski definition) is 0. The molecule has 0 N–H and O–H groups in total. The Hall–Kier alpha value is -1.29. The number of methoxy groups -OCH3 is 1. The molecule has 0 saturated heterocycles. The molecule has 0 aliphatic heterocycles. The zero-order valence-electron chi connectivity index (χ0n) is 9.87. The summed E-state index contributed by atoms with van der Waals surface area (Å²) < 4.78 is 6.35. The fraction of sp³-hybridized carbons (Fsp3) is 0.455. The molecule has 0 aromatic carbocycles. The van der Waals surface area contributed by atoms with Crippen molar-refractivity contribution in [2.75, 3.05) is 7.11 Å². The molecule has 16 heavy (non-hydrogen) atoms. The van der Waals surface area contributed by atoms with Crippen LogP contribution in [0.15, 0.2) is 11.6 Å². The average molecular weight is 243 g/mol. The van der Waals surface area contributed by atoms with Crippen LogP contribution in [-0.4, -0.2) is 22.9 Å². The number of carbonyl (C=O) groups is 1. The van der Waals surface area contributed by atoms with E-state index >= 15 is 0 Å². The SMILES string of the molecule is COC(=O)C(C)=CCn1nc(C)c(Cl)c1C. The van der Waals surface area contributed by atoms with Gasteiger partial charge in [-0.2, -0.15) is 5.10 Å². The number of allylic oxidation sites excluding steroid dienone is 1. The minimum atomic E-state index is -0.326. The molecule has 0 atom stereocenters. The topological polar surface area (TPSA) is 44.1 Å². The maximum atomic E-state index is 11.1. The van der Waals surface area contributed by atoms with Crippen molar-refractivity contribution in [1.29, 1.82) is 0 Å². The van der Waals surface area contributed by atoms with E-state index in [4.69, 9.17) is 11.6 Å². The van der Waals surface area contributed by atoms with E-state index in [-0.39, 0.29) is 5.97 Å². The summed E-state index contributed by atoms with van der Waals surface area (Å²) in [5, 5.41) is 4.93. The second kappa shape index (κ2) is 5.16. The monoisotopic (exact) mass is 242 g/mol.